The summed E-state index contributed by atoms with van der Waals surface area (Å²) in [7, 11) is 0. The van der Waals surface area contributed by atoms with Gasteiger partial charge in [0, 0.05) is 12.1 Å². The van der Waals surface area contributed by atoms with Crippen molar-refractivity contribution in [3.05, 3.63) is 29.8 Å². The van der Waals surface area contributed by atoms with Crippen molar-refractivity contribution < 1.29 is 9.59 Å². The molecule has 1 aromatic carbocycles. The first-order valence-electron chi connectivity index (χ1n) is 6.19. The molecule has 1 atom stereocenters. The monoisotopic (exact) mass is 305 g/mol. The van der Waals surface area contributed by atoms with Crippen LogP contribution in [0.5, 0.6) is 0 Å². The van der Waals surface area contributed by atoms with Crippen LogP contribution in [0.1, 0.15) is 12.0 Å². The third-order valence-electron chi connectivity index (χ3n) is 2.66. The van der Waals surface area contributed by atoms with Crippen LogP contribution in [0.25, 0.3) is 0 Å². The summed E-state index contributed by atoms with van der Waals surface area (Å²) in [6.45, 7) is 1.96. The molecule has 8 heteroatoms. The summed E-state index contributed by atoms with van der Waals surface area (Å²) in [6, 6.07) is 7.40. The predicted molar refractivity (Wildman–Crippen MR) is 84.1 cm³/mol. The number of carbonyl (C=O) groups excluding carboxylic acids is 2. The van der Waals surface area contributed by atoms with Gasteiger partial charge in [-0.25, -0.2) is 0 Å². The zero-order valence-electron chi connectivity index (χ0n) is 11.4. The molecule has 0 bridgehead atoms. The lowest BCUT2D eigenvalue weighted by atomic mass is 10.2. The van der Waals surface area contributed by atoms with Gasteiger partial charge in [-0.1, -0.05) is 29.5 Å². The van der Waals surface area contributed by atoms with Gasteiger partial charge < -0.3 is 16.8 Å². The lowest BCUT2D eigenvalue weighted by molar-refractivity contribution is -0.121. The Morgan fingerprint density at radius 3 is 2.67 bits per heavy atom. The molecule has 0 saturated heterocycles. The van der Waals surface area contributed by atoms with Crippen molar-refractivity contribution in [3.63, 3.8) is 0 Å². The van der Waals surface area contributed by atoms with E-state index >= 15 is 0 Å². The number of thioether (sulfide) groups is 1. The van der Waals surface area contributed by atoms with Crippen molar-refractivity contribution in [1.82, 2.24) is 0 Å². The highest BCUT2D eigenvalue weighted by molar-refractivity contribution is 8.15. The van der Waals surface area contributed by atoms with Crippen LogP contribution in [0.15, 0.2) is 34.3 Å². The number of carbonyl (C=O) groups is 2. The van der Waals surface area contributed by atoms with Crippen molar-refractivity contribution in [2.45, 2.75) is 18.6 Å². The van der Waals surface area contributed by atoms with Crippen LogP contribution in [0.2, 0.25) is 0 Å². The van der Waals surface area contributed by atoms with Crippen LogP contribution in [-0.2, 0) is 9.59 Å². The second-order valence-electron chi connectivity index (χ2n) is 4.49. The number of aliphatic imine (C=N–C) groups is 2. The number of amidine groups is 1. The van der Waals surface area contributed by atoms with Crippen molar-refractivity contribution in [2.24, 2.45) is 21.5 Å². The molecule has 0 spiro atoms. The van der Waals surface area contributed by atoms with Gasteiger partial charge in [-0.05, 0) is 19.1 Å². The van der Waals surface area contributed by atoms with Crippen LogP contribution < -0.4 is 16.8 Å². The maximum absolute atomic E-state index is 11.9. The van der Waals surface area contributed by atoms with Crippen molar-refractivity contribution in [1.29, 1.82) is 0 Å². The summed E-state index contributed by atoms with van der Waals surface area (Å²) in [5, 5.41) is 2.33. The lowest BCUT2D eigenvalue weighted by Gasteiger charge is -2.08. The van der Waals surface area contributed by atoms with E-state index in [4.69, 9.17) is 11.5 Å². The van der Waals surface area contributed by atoms with Gasteiger partial charge in [-0.3, -0.25) is 9.59 Å². The molecular formula is C13H15N5O2S. The molecular weight excluding hydrogens is 290 g/mol. The van der Waals surface area contributed by atoms with Gasteiger partial charge in [-0.15, -0.1) is 0 Å². The van der Waals surface area contributed by atoms with Gasteiger partial charge in [0.1, 0.15) is 5.25 Å². The number of rotatable bonds is 3. The molecule has 1 heterocycles. The Hall–Kier alpha value is -2.35. The second kappa shape index (κ2) is 6.40. The van der Waals surface area contributed by atoms with Crippen LogP contribution in [0.3, 0.4) is 0 Å². The average Bonchev–Trinajstić information content (AvgIpc) is 2.71. The maximum atomic E-state index is 11.9. The van der Waals surface area contributed by atoms with E-state index in [0.717, 1.165) is 17.3 Å². The fourth-order valence-electron chi connectivity index (χ4n) is 1.68. The van der Waals surface area contributed by atoms with Crippen molar-refractivity contribution in [3.8, 4) is 0 Å². The second-order valence-corrected chi connectivity index (χ2v) is 5.66. The lowest BCUT2D eigenvalue weighted by Crippen LogP contribution is -2.23. The molecule has 5 N–H and O–H groups in total. The molecule has 0 aromatic heterocycles. The molecule has 1 aliphatic rings. The summed E-state index contributed by atoms with van der Waals surface area (Å²) in [5.74, 6) is -0.830. The minimum atomic E-state index is -0.589. The topological polar surface area (TPSA) is 123 Å². The van der Waals surface area contributed by atoms with E-state index in [2.05, 4.69) is 15.3 Å². The SMILES string of the molecule is Cc1ccc(NC(=O)C[C@H]2SC(N=C(N)N)=NC2=O)cc1. The molecule has 1 aliphatic heterocycles. The quantitative estimate of drug-likeness (QED) is 0.557. The molecule has 1 aromatic rings. The Morgan fingerprint density at radius 2 is 2.05 bits per heavy atom. The standard InChI is InChI=1S/C13H15N5O2S/c1-7-2-4-8(5-3-7)16-10(19)6-9-11(20)17-13(21-9)18-12(14)15/h2-5,9H,6H2,1H3,(H,16,19)(H4,14,15,17,18,20)/t9-/m1/s1. The number of amides is 2. The molecule has 2 amide bonds. The number of nitrogens with one attached hydrogen (secondary N) is 1. The maximum Gasteiger partial charge on any atom is 0.262 e. The molecule has 21 heavy (non-hydrogen) atoms. The van der Waals surface area contributed by atoms with Crippen LogP contribution in [0.4, 0.5) is 5.69 Å². The first kappa shape index (κ1) is 15.0. The van der Waals surface area contributed by atoms with Crippen molar-refractivity contribution in [2.75, 3.05) is 5.32 Å². The first-order chi connectivity index (χ1) is 9.94. The Kier molecular flexibility index (Phi) is 4.59. The normalized spacial score (nSPS) is 17.3. The molecule has 0 saturated carbocycles. The Balaban J connectivity index is 1.91. The number of benzene rings is 1. The minimum Gasteiger partial charge on any atom is -0.370 e. The zero-order chi connectivity index (χ0) is 15.4. The van der Waals surface area contributed by atoms with E-state index in [1.807, 2.05) is 19.1 Å². The summed E-state index contributed by atoms with van der Waals surface area (Å²) < 4.78 is 0. The number of hydrogen-bond acceptors (Lipinski definition) is 4. The average molecular weight is 305 g/mol. The molecule has 2 rings (SSSR count). The highest BCUT2D eigenvalue weighted by Gasteiger charge is 2.30. The third-order valence-corrected chi connectivity index (χ3v) is 3.71. The zero-order valence-corrected chi connectivity index (χ0v) is 12.2. The molecule has 0 unspecified atom stereocenters. The van der Waals surface area contributed by atoms with Crippen LogP contribution in [0, 0.1) is 6.92 Å². The van der Waals surface area contributed by atoms with Gasteiger partial charge in [0.05, 0.1) is 0 Å². The van der Waals surface area contributed by atoms with Gasteiger partial charge in [0.15, 0.2) is 11.1 Å². The van der Waals surface area contributed by atoms with E-state index < -0.39 is 11.2 Å². The van der Waals surface area contributed by atoms with Gasteiger partial charge in [-0.2, -0.15) is 9.98 Å². The molecule has 110 valence electrons. The molecule has 0 radical (unpaired) electrons. The summed E-state index contributed by atoms with van der Waals surface area (Å²) in [6.07, 6.45) is 0.0182. The Bertz CT molecular complexity index is 620. The summed E-state index contributed by atoms with van der Waals surface area (Å²) in [5.41, 5.74) is 12.2. The molecule has 0 aliphatic carbocycles. The predicted octanol–water partition coefficient (Wildman–Crippen LogP) is 0.595. The minimum absolute atomic E-state index is 0.0182. The van der Waals surface area contributed by atoms with Crippen LogP contribution in [-0.4, -0.2) is 28.2 Å². The van der Waals surface area contributed by atoms with E-state index in [1.165, 1.54) is 0 Å². The third kappa shape index (κ3) is 4.32. The summed E-state index contributed by atoms with van der Waals surface area (Å²) in [4.78, 5) is 31.0. The fraction of sp³-hybridized carbons (Fsp3) is 0.231. The van der Waals surface area contributed by atoms with E-state index in [-0.39, 0.29) is 23.5 Å². The van der Waals surface area contributed by atoms with Crippen LogP contribution >= 0.6 is 11.8 Å². The molecule has 7 nitrogen and oxygen atoms in total. The number of nitrogens with zero attached hydrogens (tertiary/aromatic N) is 2. The first-order valence-corrected chi connectivity index (χ1v) is 7.07. The van der Waals surface area contributed by atoms with Gasteiger partial charge in [0.2, 0.25) is 5.91 Å². The van der Waals surface area contributed by atoms with Gasteiger partial charge >= 0.3 is 0 Å². The number of guanidine groups is 1. The number of nitrogens with two attached hydrogens (primary N) is 2. The fourth-order valence-corrected chi connectivity index (χ4v) is 2.62. The molecule has 0 fully saturated rings. The number of anilines is 1. The highest BCUT2D eigenvalue weighted by atomic mass is 32.2. The summed E-state index contributed by atoms with van der Waals surface area (Å²) >= 11 is 1.08. The van der Waals surface area contributed by atoms with E-state index in [1.54, 1.807) is 12.1 Å². The van der Waals surface area contributed by atoms with E-state index in [9.17, 15) is 9.59 Å². The number of aryl methyl sites for hydroxylation is 1. The Labute approximate surface area is 125 Å². The van der Waals surface area contributed by atoms with E-state index in [0.29, 0.717) is 5.69 Å². The van der Waals surface area contributed by atoms with Gasteiger partial charge in [0.25, 0.3) is 5.91 Å². The largest absolute Gasteiger partial charge is 0.370 e. The Morgan fingerprint density at radius 1 is 1.38 bits per heavy atom. The smallest absolute Gasteiger partial charge is 0.262 e. The highest BCUT2D eigenvalue weighted by Crippen LogP contribution is 2.26. The number of hydrogen-bond donors (Lipinski definition) is 3. The van der Waals surface area contributed by atoms with Crippen molar-refractivity contribution >= 4 is 40.4 Å².